The maximum absolute atomic E-state index is 11.3. The first-order valence-electron chi connectivity index (χ1n) is 5.81. The summed E-state index contributed by atoms with van der Waals surface area (Å²) in [6, 6.07) is 5.28. The van der Waals surface area contributed by atoms with Crippen LogP contribution in [0.15, 0.2) is 29.3 Å². The summed E-state index contributed by atoms with van der Waals surface area (Å²) < 4.78 is 0. The zero-order valence-electron chi connectivity index (χ0n) is 10.7. The highest BCUT2D eigenvalue weighted by atomic mass is 16.2. The van der Waals surface area contributed by atoms with Gasteiger partial charge in [-0.1, -0.05) is 11.8 Å². The minimum absolute atomic E-state index is 0.0123. The molecule has 0 aromatic heterocycles. The van der Waals surface area contributed by atoms with Gasteiger partial charge in [0, 0.05) is 5.56 Å². The smallest absolute Gasteiger partial charge is 0.322 e. The van der Waals surface area contributed by atoms with E-state index in [-0.39, 0.29) is 5.96 Å². The highest BCUT2D eigenvalue weighted by molar-refractivity contribution is 6.05. The molecule has 21 heavy (non-hydrogen) atoms. The summed E-state index contributed by atoms with van der Waals surface area (Å²) in [5, 5.41) is 15.0. The van der Waals surface area contributed by atoms with Crippen LogP contribution >= 0.6 is 0 Å². The maximum Gasteiger partial charge on any atom is 0.322 e. The van der Waals surface area contributed by atoms with Crippen LogP contribution in [0.25, 0.3) is 0 Å². The van der Waals surface area contributed by atoms with E-state index in [1.165, 1.54) is 0 Å². The molecule has 8 heteroatoms. The van der Waals surface area contributed by atoms with E-state index in [1.807, 2.05) is 0 Å². The molecule has 2 rings (SSSR count). The quantitative estimate of drug-likeness (QED) is 0.134. The number of guanidine groups is 1. The molecule has 1 unspecified atom stereocenters. The molecule has 8 nitrogen and oxygen atoms in total. The molecule has 0 saturated carbocycles. The summed E-state index contributed by atoms with van der Waals surface area (Å²) in [7, 11) is 0. The van der Waals surface area contributed by atoms with Gasteiger partial charge >= 0.3 is 6.03 Å². The van der Waals surface area contributed by atoms with E-state index < -0.39 is 18.0 Å². The Bertz CT molecular complexity index is 705. The molecule has 1 aliphatic rings. The molecular weight excluding hydrogens is 272 g/mol. The van der Waals surface area contributed by atoms with Gasteiger partial charge in [-0.3, -0.25) is 15.4 Å². The number of urea groups is 1. The molecule has 1 aromatic rings. The molecule has 104 valence electrons. The number of imide groups is 1. The average Bonchev–Trinajstić information content (AvgIpc) is 2.76. The van der Waals surface area contributed by atoms with Crippen molar-refractivity contribution in [1.29, 1.82) is 5.26 Å². The second kappa shape index (κ2) is 6.08. The van der Waals surface area contributed by atoms with Gasteiger partial charge in [-0.05, 0) is 24.3 Å². The predicted molar refractivity (Wildman–Crippen MR) is 73.8 cm³/mol. The molecule has 1 fully saturated rings. The standard InChI is InChI=1S/C13H10N6O2/c14-7-16-12(15)17-9-4-1-8(2-5-9)3-6-10-11(20)19-13(21)18-10/h1-2,4-5,10H,(H3,15,16,17)(H2,18,19,20,21). The molecule has 5 N–H and O–H groups in total. The molecule has 3 amide bonds. The normalized spacial score (nSPS) is 17.1. The third kappa shape index (κ3) is 3.72. The molecular formula is C13H10N6O2. The Hall–Kier alpha value is -3.52. The lowest BCUT2D eigenvalue weighted by atomic mass is 10.2. The van der Waals surface area contributed by atoms with Crippen LogP contribution in [-0.2, 0) is 4.79 Å². The topological polar surface area (TPSA) is 132 Å². The number of carbonyl (C=O) groups excluding carboxylic acids is 2. The molecule has 0 radical (unpaired) electrons. The van der Waals surface area contributed by atoms with Crippen LogP contribution < -0.4 is 21.7 Å². The van der Waals surface area contributed by atoms with Crippen LogP contribution in [0.5, 0.6) is 0 Å². The number of carbonyl (C=O) groups is 2. The summed E-state index contributed by atoms with van der Waals surface area (Å²) in [6.07, 6.45) is 1.66. The Morgan fingerprint density at radius 3 is 2.62 bits per heavy atom. The third-order valence-corrected chi connectivity index (χ3v) is 2.44. The van der Waals surface area contributed by atoms with Crippen molar-refractivity contribution in [2.24, 2.45) is 10.7 Å². The van der Waals surface area contributed by atoms with Gasteiger partial charge in [0.15, 0.2) is 12.2 Å². The van der Waals surface area contributed by atoms with Gasteiger partial charge in [0.2, 0.25) is 5.96 Å². The van der Waals surface area contributed by atoms with Gasteiger partial charge in [-0.15, -0.1) is 0 Å². The molecule has 1 aliphatic heterocycles. The van der Waals surface area contributed by atoms with E-state index in [9.17, 15) is 9.59 Å². The van der Waals surface area contributed by atoms with Crippen molar-refractivity contribution in [1.82, 2.24) is 16.0 Å². The average molecular weight is 282 g/mol. The highest BCUT2D eigenvalue weighted by Gasteiger charge is 2.27. The van der Waals surface area contributed by atoms with Gasteiger partial charge in [0.1, 0.15) is 0 Å². The number of amides is 3. The van der Waals surface area contributed by atoms with E-state index in [0.717, 1.165) is 0 Å². The number of nitrogens with two attached hydrogens (primary N) is 1. The molecule has 0 bridgehead atoms. The van der Waals surface area contributed by atoms with Crippen molar-refractivity contribution in [2.45, 2.75) is 6.04 Å². The summed E-state index contributed by atoms with van der Waals surface area (Å²) in [5.74, 6) is 4.94. The van der Waals surface area contributed by atoms with Crippen molar-refractivity contribution in [3.05, 3.63) is 29.8 Å². The molecule has 0 spiro atoms. The van der Waals surface area contributed by atoms with Gasteiger partial charge in [-0.25, -0.2) is 9.79 Å². The number of nitrogens with one attached hydrogen (secondary N) is 3. The van der Waals surface area contributed by atoms with Crippen molar-refractivity contribution < 1.29 is 9.59 Å². The predicted octanol–water partition coefficient (Wildman–Crippen LogP) is -0.737. The van der Waals surface area contributed by atoms with Gasteiger partial charge in [0.25, 0.3) is 5.91 Å². The van der Waals surface area contributed by atoms with Crippen LogP contribution in [0.4, 0.5) is 10.5 Å². The highest BCUT2D eigenvalue weighted by Crippen LogP contribution is 2.12. The number of nitriles is 1. The van der Waals surface area contributed by atoms with Crippen LogP contribution in [-0.4, -0.2) is 23.9 Å². The third-order valence-electron chi connectivity index (χ3n) is 2.44. The number of benzene rings is 1. The van der Waals surface area contributed by atoms with E-state index in [1.54, 1.807) is 30.5 Å². The first-order valence-corrected chi connectivity index (χ1v) is 5.81. The minimum Gasteiger partial charge on any atom is -0.369 e. The number of rotatable bonds is 1. The fraction of sp³-hybridized carbons (Fsp3) is 0.0769. The summed E-state index contributed by atoms with van der Waals surface area (Å²) in [4.78, 5) is 26.1. The largest absolute Gasteiger partial charge is 0.369 e. The van der Waals surface area contributed by atoms with Gasteiger partial charge in [0.05, 0.1) is 5.69 Å². The lowest BCUT2D eigenvalue weighted by Gasteiger charge is -1.98. The van der Waals surface area contributed by atoms with Gasteiger partial charge < -0.3 is 11.1 Å². The van der Waals surface area contributed by atoms with Crippen LogP contribution in [0.2, 0.25) is 0 Å². The second-order valence-electron chi connectivity index (χ2n) is 3.95. The van der Waals surface area contributed by atoms with Crippen molar-refractivity contribution in [3.8, 4) is 18.0 Å². The van der Waals surface area contributed by atoms with E-state index in [2.05, 4.69) is 32.8 Å². The first kappa shape index (κ1) is 13.9. The number of hydrogen-bond acceptors (Lipinski definition) is 4. The van der Waals surface area contributed by atoms with E-state index >= 15 is 0 Å². The van der Waals surface area contributed by atoms with E-state index in [4.69, 9.17) is 11.0 Å². The maximum atomic E-state index is 11.3. The Morgan fingerprint density at radius 1 is 1.33 bits per heavy atom. The molecule has 1 saturated heterocycles. The summed E-state index contributed by atoms with van der Waals surface area (Å²) in [5.41, 5.74) is 6.62. The lowest BCUT2D eigenvalue weighted by Crippen LogP contribution is -2.26. The summed E-state index contributed by atoms with van der Waals surface area (Å²) >= 11 is 0. The van der Waals surface area contributed by atoms with Gasteiger partial charge in [-0.2, -0.15) is 5.26 Å². The van der Waals surface area contributed by atoms with Crippen LogP contribution in [0.1, 0.15) is 5.56 Å². The number of aliphatic imine (C=N–C) groups is 1. The molecule has 1 heterocycles. The second-order valence-corrected chi connectivity index (χ2v) is 3.95. The Balaban J connectivity index is 2.07. The number of nitrogens with zero attached hydrogens (tertiary/aromatic N) is 2. The Labute approximate surface area is 120 Å². The summed E-state index contributed by atoms with van der Waals surface area (Å²) in [6.45, 7) is 0. The minimum atomic E-state index is -0.842. The van der Waals surface area contributed by atoms with Crippen molar-refractivity contribution in [2.75, 3.05) is 0 Å². The first-order chi connectivity index (χ1) is 10.1. The number of hydrogen-bond donors (Lipinski definition) is 4. The zero-order chi connectivity index (χ0) is 15.2. The van der Waals surface area contributed by atoms with Crippen LogP contribution in [0, 0.1) is 23.3 Å². The molecule has 1 aromatic carbocycles. The van der Waals surface area contributed by atoms with Crippen molar-refractivity contribution >= 4 is 23.6 Å². The SMILES string of the molecule is N#CNC(N)=Nc1ccc(C#CC2NC(=O)NC2=O)cc1. The molecule has 0 aliphatic carbocycles. The zero-order valence-corrected chi connectivity index (χ0v) is 10.7. The van der Waals surface area contributed by atoms with E-state index in [0.29, 0.717) is 11.3 Å². The fourth-order valence-electron chi connectivity index (χ4n) is 1.52. The monoisotopic (exact) mass is 282 g/mol. The fourth-order valence-corrected chi connectivity index (χ4v) is 1.52. The van der Waals surface area contributed by atoms with Crippen LogP contribution in [0.3, 0.4) is 0 Å². The Kier molecular flexibility index (Phi) is 4.03. The molecule has 1 atom stereocenters. The Morgan fingerprint density at radius 2 is 2.05 bits per heavy atom. The van der Waals surface area contributed by atoms with Crippen molar-refractivity contribution in [3.63, 3.8) is 0 Å². The lowest BCUT2D eigenvalue weighted by molar-refractivity contribution is -0.119.